The molecule has 136 valence electrons. The van der Waals surface area contributed by atoms with Gasteiger partial charge in [-0.15, -0.1) is 11.8 Å². The van der Waals surface area contributed by atoms with Crippen molar-refractivity contribution in [3.8, 4) is 0 Å². The van der Waals surface area contributed by atoms with Crippen molar-refractivity contribution in [1.29, 1.82) is 0 Å². The van der Waals surface area contributed by atoms with E-state index < -0.39 is 30.4 Å². The molecule has 6 nitrogen and oxygen atoms in total. The van der Waals surface area contributed by atoms with Crippen molar-refractivity contribution < 1.29 is 24.1 Å². The monoisotopic (exact) mass is 385 g/mol. The van der Waals surface area contributed by atoms with Gasteiger partial charge < -0.3 is 24.2 Å². The van der Waals surface area contributed by atoms with E-state index >= 15 is 0 Å². The Balaban J connectivity index is 1.48. The highest BCUT2D eigenvalue weighted by Crippen LogP contribution is 2.42. The number of halogens is 1. The second-order valence-electron chi connectivity index (χ2n) is 6.89. The molecular weight excluding hydrogens is 366 g/mol. The van der Waals surface area contributed by atoms with Gasteiger partial charge in [-0.1, -0.05) is 23.7 Å². The first-order valence-electron chi connectivity index (χ1n) is 8.20. The molecule has 1 N–H and O–H groups in total. The molecular formula is C17H20ClNO5S. The molecule has 5 atom stereocenters. The van der Waals surface area contributed by atoms with Gasteiger partial charge in [0.1, 0.15) is 23.7 Å². The highest BCUT2D eigenvalue weighted by atomic mass is 35.5. The number of hydrogen-bond acceptors (Lipinski definition) is 6. The first kappa shape index (κ1) is 17.6. The minimum Gasteiger partial charge on any atom is -0.387 e. The Kier molecular flexibility index (Phi) is 4.50. The Morgan fingerprint density at radius 1 is 1.32 bits per heavy atom. The average molecular weight is 386 g/mol. The van der Waals surface area contributed by atoms with Gasteiger partial charge in [-0.25, -0.2) is 0 Å². The van der Waals surface area contributed by atoms with Crippen LogP contribution in [-0.2, 0) is 19.0 Å². The fraction of sp³-hybridized carbons (Fsp3) is 0.588. The Bertz CT molecular complexity index is 670. The van der Waals surface area contributed by atoms with Crippen LogP contribution >= 0.6 is 23.4 Å². The summed E-state index contributed by atoms with van der Waals surface area (Å²) in [4.78, 5) is 14.1. The molecule has 1 aromatic rings. The van der Waals surface area contributed by atoms with Gasteiger partial charge in [0.25, 0.3) is 0 Å². The Morgan fingerprint density at radius 2 is 2.04 bits per heavy atom. The lowest BCUT2D eigenvalue weighted by Gasteiger charge is -2.29. The molecule has 3 saturated heterocycles. The number of benzene rings is 1. The number of aliphatic hydroxyl groups is 1. The number of hydrogen-bond donors (Lipinski definition) is 1. The molecule has 4 rings (SSSR count). The van der Waals surface area contributed by atoms with E-state index in [0.29, 0.717) is 17.3 Å². The number of ether oxygens (including phenoxy) is 3. The smallest absolute Gasteiger partial charge is 0.233 e. The third-order valence-electron chi connectivity index (χ3n) is 4.61. The zero-order valence-electron chi connectivity index (χ0n) is 13.9. The summed E-state index contributed by atoms with van der Waals surface area (Å²) >= 11 is 7.51. The van der Waals surface area contributed by atoms with Crippen LogP contribution in [0.25, 0.3) is 0 Å². The van der Waals surface area contributed by atoms with E-state index in [-0.39, 0.29) is 11.3 Å². The summed E-state index contributed by atoms with van der Waals surface area (Å²) in [7, 11) is 0. The molecule has 1 amide bonds. The normalized spacial score (nSPS) is 36.9. The van der Waals surface area contributed by atoms with Crippen LogP contribution in [0.15, 0.2) is 24.3 Å². The number of nitrogens with zero attached hydrogens (tertiary/aromatic N) is 1. The van der Waals surface area contributed by atoms with Crippen molar-refractivity contribution in [3.05, 3.63) is 34.9 Å². The summed E-state index contributed by atoms with van der Waals surface area (Å²) in [6.07, 6.45) is -2.51. The van der Waals surface area contributed by atoms with Gasteiger partial charge in [-0.05, 0) is 31.5 Å². The second kappa shape index (κ2) is 6.40. The highest BCUT2D eigenvalue weighted by molar-refractivity contribution is 8.00. The van der Waals surface area contributed by atoms with Crippen LogP contribution in [0.1, 0.15) is 24.8 Å². The number of aliphatic hydroxyl groups excluding tert-OH is 1. The van der Waals surface area contributed by atoms with Crippen LogP contribution in [0.4, 0.5) is 0 Å². The highest BCUT2D eigenvalue weighted by Gasteiger charge is 2.55. The number of amides is 1. The summed E-state index contributed by atoms with van der Waals surface area (Å²) in [5.74, 6) is -0.338. The van der Waals surface area contributed by atoms with Crippen LogP contribution < -0.4 is 0 Å². The van der Waals surface area contributed by atoms with Gasteiger partial charge in [-0.2, -0.15) is 0 Å². The molecule has 1 aromatic carbocycles. The van der Waals surface area contributed by atoms with Gasteiger partial charge in [0.15, 0.2) is 12.1 Å². The van der Waals surface area contributed by atoms with Gasteiger partial charge in [0.2, 0.25) is 5.91 Å². The first-order valence-corrected chi connectivity index (χ1v) is 9.62. The summed E-state index contributed by atoms with van der Waals surface area (Å²) in [6, 6.07) is 7.46. The molecule has 0 aromatic heterocycles. The molecule has 8 heteroatoms. The lowest BCUT2D eigenvalue weighted by molar-refractivity contribution is -0.216. The van der Waals surface area contributed by atoms with Crippen LogP contribution in [0.2, 0.25) is 5.02 Å². The minimum atomic E-state index is -0.837. The van der Waals surface area contributed by atoms with Gasteiger partial charge >= 0.3 is 0 Å². The lowest BCUT2D eigenvalue weighted by atomic mass is 10.1. The number of rotatable bonds is 3. The fourth-order valence-corrected chi connectivity index (χ4v) is 4.78. The summed E-state index contributed by atoms with van der Waals surface area (Å²) in [5.41, 5.74) is 1.00. The van der Waals surface area contributed by atoms with Crippen LogP contribution in [0, 0.1) is 0 Å². The summed E-state index contributed by atoms with van der Waals surface area (Å²) in [6.45, 7) is 3.86. The van der Waals surface area contributed by atoms with E-state index in [4.69, 9.17) is 25.8 Å². The van der Waals surface area contributed by atoms with E-state index in [9.17, 15) is 9.90 Å². The maximum Gasteiger partial charge on any atom is 0.233 e. The van der Waals surface area contributed by atoms with E-state index in [0.717, 1.165) is 5.56 Å². The molecule has 3 heterocycles. The zero-order valence-corrected chi connectivity index (χ0v) is 15.5. The molecule has 0 bridgehead atoms. The standard InChI is InChI=1S/C17H20ClNO5S/c1-17(2)23-14-13(21)11(22-16(14)24-17)7-19-12(20)8-25-15(19)9-3-5-10(18)6-4-9/h3-6,11,13-16,21H,7-8H2,1-2H3/t11-,13+,14-,15+,16-/m1/s1. The molecule has 0 aliphatic carbocycles. The number of carbonyl (C=O) groups is 1. The predicted molar refractivity (Wildman–Crippen MR) is 93.1 cm³/mol. The SMILES string of the molecule is CC1(C)O[C@H]2O[C@H](CN3C(=O)CS[C@H]3c3ccc(Cl)cc3)[C@H](O)[C@H]2O1. The van der Waals surface area contributed by atoms with Crippen molar-refractivity contribution in [2.24, 2.45) is 0 Å². The fourth-order valence-electron chi connectivity index (χ4n) is 3.46. The zero-order chi connectivity index (χ0) is 17.8. The van der Waals surface area contributed by atoms with Crippen LogP contribution in [-0.4, -0.2) is 58.6 Å². The maximum atomic E-state index is 12.3. The summed E-state index contributed by atoms with van der Waals surface area (Å²) in [5, 5.41) is 11.1. The largest absolute Gasteiger partial charge is 0.387 e. The van der Waals surface area contributed by atoms with Crippen molar-refractivity contribution in [2.45, 2.75) is 49.6 Å². The van der Waals surface area contributed by atoms with Crippen LogP contribution in [0.3, 0.4) is 0 Å². The van der Waals surface area contributed by atoms with Gasteiger partial charge in [-0.3, -0.25) is 4.79 Å². The number of carbonyl (C=O) groups excluding carboxylic acids is 1. The van der Waals surface area contributed by atoms with Crippen molar-refractivity contribution >= 4 is 29.3 Å². The molecule has 3 fully saturated rings. The lowest BCUT2D eigenvalue weighted by Crippen LogP contribution is -2.43. The molecule has 0 radical (unpaired) electrons. The Hall–Kier alpha value is -0.830. The minimum absolute atomic E-state index is 0.0278. The average Bonchev–Trinajstić information content (AvgIpc) is 3.15. The first-order chi connectivity index (χ1) is 11.8. The number of thioether (sulfide) groups is 1. The third-order valence-corrected chi connectivity index (χ3v) is 6.12. The topological polar surface area (TPSA) is 68.2 Å². The van der Waals surface area contributed by atoms with E-state index in [1.807, 2.05) is 24.3 Å². The second-order valence-corrected chi connectivity index (χ2v) is 8.40. The van der Waals surface area contributed by atoms with Gasteiger partial charge in [0.05, 0.1) is 12.3 Å². The van der Waals surface area contributed by atoms with E-state index in [2.05, 4.69) is 0 Å². The van der Waals surface area contributed by atoms with Crippen molar-refractivity contribution in [3.63, 3.8) is 0 Å². The van der Waals surface area contributed by atoms with Crippen molar-refractivity contribution in [1.82, 2.24) is 4.90 Å². The molecule has 0 unspecified atom stereocenters. The Labute approximate surface area is 155 Å². The molecule has 0 saturated carbocycles. The maximum absolute atomic E-state index is 12.3. The van der Waals surface area contributed by atoms with E-state index in [1.165, 1.54) is 0 Å². The molecule has 3 aliphatic rings. The molecule has 0 spiro atoms. The molecule has 25 heavy (non-hydrogen) atoms. The summed E-state index contributed by atoms with van der Waals surface area (Å²) < 4.78 is 17.2. The number of fused-ring (bicyclic) bond motifs is 1. The van der Waals surface area contributed by atoms with E-state index in [1.54, 1.807) is 30.5 Å². The third kappa shape index (κ3) is 3.29. The van der Waals surface area contributed by atoms with Gasteiger partial charge in [0, 0.05) is 5.02 Å². The Morgan fingerprint density at radius 3 is 2.72 bits per heavy atom. The van der Waals surface area contributed by atoms with Crippen molar-refractivity contribution in [2.75, 3.05) is 12.3 Å². The predicted octanol–water partition coefficient (Wildman–Crippen LogP) is 2.15. The quantitative estimate of drug-likeness (QED) is 0.859. The molecule has 3 aliphatic heterocycles. The van der Waals surface area contributed by atoms with Crippen LogP contribution in [0.5, 0.6) is 0 Å².